The van der Waals surface area contributed by atoms with Crippen LogP contribution >= 0.6 is 0 Å². The first-order chi connectivity index (χ1) is 9.66. The summed E-state index contributed by atoms with van der Waals surface area (Å²) < 4.78 is 26.5. The Morgan fingerprint density at radius 3 is 2.38 bits per heavy atom. The summed E-state index contributed by atoms with van der Waals surface area (Å²) in [6.45, 7) is 4.98. The van der Waals surface area contributed by atoms with Crippen molar-refractivity contribution in [2.24, 2.45) is 17.3 Å². The molecule has 0 aromatic heterocycles. The van der Waals surface area contributed by atoms with Gasteiger partial charge in [-0.3, -0.25) is 9.59 Å². The molecule has 21 heavy (non-hydrogen) atoms. The summed E-state index contributed by atoms with van der Waals surface area (Å²) >= 11 is 0. The lowest BCUT2D eigenvalue weighted by Crippen LogP contribution is -2.30. The molecule has 4 nitrogen and oxygen atoms in total. The van der Waals surface area contributed by atoms with Gasteiger partial charge in [0.1, 0.15) is 11.6 Å². The van der Waals surface area contributed by atoms with E-state index in [0.29, 0.717) is 0 Å². The zero-order chi connectivity index (χ0) is 15.9. The van der Waals surface area contributed by atoms with Gasteiger partial charge in [-0.2, -0.15) is 0 Å². The van der Waals surface area contributed by atoms with Gasteiger partial charge in [-0.25, -0.2) is 8.78 Å². The Morgan fingerprint density at radius 2 is 1.90 bits per heavy atom. The van der Waals surface area contributed by atoms with Gasteiger partial charge in [0.2, 0.25) is 5.91 Å². The molecule has 1 aliphatic carbocycles. The van der Waals surface area contributed by atoms with Crippen LogP contribution in [0.15, 0.2) is 18.2 Å². The molecular formula is C15H17F2NO3. The maximum atomic E-state index is 13.6. The number of nitrogens with one attached hydrogen (secondary N) is 1. The highest BCUT2D eigenvalue weighted by molar-refractivity contribution is 5.91. The quantitative estimate of drug-likeness (QED) is 0.897. The molecule has 2 rings (SSSR count). The van der Waals surface area contributed by atoms with Crippen molar-refractivity contribution < 1.29 is 23.5 Å². The predicted octanol–water partition coefficient (Wildman–Crippen LogP) is 2.50. The van der Waals surface area contributed by atoms with Crippen molar-refractivity contribution in [3.05, 3.63) is 35.4 Å². The molecule has 114 valence electrons. The molecule has 2 N–H and O–H groups in total. The molecule has 0 aliphatic heterocycles. The molecule has 1 aromatic carbocycles. The summed E-state index contributed by atoms with van der Waals surface area (Å²) in [6.07, 6.45) is 0. The number of carbonyl (C=O) groups excluding carboxylic acids is 1. The fourth-order valence-electron chi connectivity index (χ4n) is 2.82. The average molecular weight is 297 g/mol. The van der Waals surface area contributed by atoms with Gasteiger partial charge in [0.05, 0.1) is 17.9 Å². The Labute approximate surface area is 121 Å². The summed E-state index contributed by atoms with van der Waals surface area (Å²) in [5, 5.41) is 11.6. The number of carboxylic acids is 1. The SMILES string of the molecule is CC(NC(=O)[C@@H]1[C@H](C(=O)O)C1(C)C)c1ccc(F)cc1F. The van der Waals surface area contributed by atoms with Gasteiger partial charge in [0.15, 0.2) is 0 Å². The lowest BCUT2D eigenvalue weighted by molar-refractivity contribution is -0.140. The van der Waals surface area contributed by atoms with E-state index in [0.717, 1.165) is 12.1 Å². The standard InChI is InChI=1S/C15H17F2NO3/c1-7(9-5-4-8(16)6-10(9)17)18-13(19)11-12(14(20)21)15(11,2)3/h4-7,11-12H,1-3H3,(H,18,19)(H,20,21)/t7?,11-,12+/m0/s1. The molecule has 1 saturated carbocycles. The van der Waals surface area contributed by atoms with Crippen LogP contribution in [-0.2, 0) is 9.59 Å². The van der Waals surface area contributed by atoms with E-state index in [1.165, 1.54) is 6.07 Å². The molecule has 3 atom stereocenters. The zero-order valence-corrected chi connectivity index (χ0v) is 12.0. The number of carbonyl (C=O) groups is 2. The number of hydrogen-bond acceptors (Lipinski definition) is 2. The second kappa shape index (κ2) is 5.09. The molecule has 1 fully saturated rings. The fraction of sp³-hybridized carbons (Fsp3) is 0.467. The maximum Gasteiger partial charge on any atom is 0.307 e. The Kier molecular flexibility index (Phi) is 3.74. The average Bonchev–Trinajstić information content (AvgIpc) is 2.92. The molecule has 0 saturated heterocycles. The van der Waals surface area contributed by atoms with E-state index in [2.05, 4.69) is 5.32 Å². The third-order valence-corrected chi connectivity index (χ3v) is 4.16. The first-order valence-corrected chi connectivity index (χ1v) is 6.64. The van der Waals surface area contributed by atoms with Crippen molar-refractivity contribution in [1.29, 1.82) is 0 Å². The van der Waals surface area contributed by atoms with Gasteiger partial charge in [0.25, 0.3) is 0 Å². The molecule has 1 amide bonds. The number of carboxylic acid groups (broad SMARTS) is 1. The molecular weight excluding hydrogens is 280 g/mol. The highest BCUT2D eigenvalue weighted by Gasteiger charge is 2.65. The van der Waals surface area contributed by atoms with E-state index in [-0.39, 0.29) is 5.56 Å². The summed E-state index contributed by atoms with van der Waals surface area (Å²) in [5.41, 5.74) is -0.452. The van der Waals surface area contributed by atoms with Crippen molar-refractivity contribution in [2.45, 2.75) is 26.8 Å². The van der Waals surface area contributed by atoms with Crippen molar-refractivity contribution in [2.75, 3.05) is 0 Å². The number of hydrogen-bond donors (Lipinski definition) is 2. The Hall–Kier alpha value is -1.98. The van der Waals surface area contributed by atoms with Crippen LogP contribution in [0.2, 0.25) is 0 Å². The Bertz CT molecular complexity index is 601. The van der Waals surface area contributed by atoms with E-state index in [4.69, 9.17) is 5.11 Å². The lowest BCUT2D eigenvalue weighted by Gasteiger charge is -2.15. The number of halogens is 2. The summed E-state index contributed by atoms with van der Waals surface area (Å²) in [6, 6.07) is 2.47. The summed E-state index contributed by atoms with van der Waals surface area (Å²) in [4.78, 5) is 23.2. The zero-order valence-electron chi connectivity index (χ0n) is 12.0. The fourth-order valence-corrected chi connectivity index (χ4v) is 2.82. The number of rotatable bonds is 4. The molecule has 0 radical (unpaired) electrons. The third-order valence-electron chi connectivity index (χ3n) is 4.16. The van der Waals surface area contributed by atoms with Gasteiger partial charge >= 0.3 is 5.97 Å². The van der Waals surface area contributed by atoms with E-state index in [9.17, 15) is 18.4 Å². The monoisotopic (exact) mass is 297 g/mol. The van der Waals surface area contributed by atoms with E-state index < -0.39 is 46.8 Å². The Morgan fingerprint density at radius 1 is 1.29 bits per heavy atom. The number of aliphatic carboxylic acids is 1. The van der Waals surface area contributed by atoms with Crippen molar-refractivity contribution in [3.8, 4) is 0 Å². The van der Waals surface area contributed by atoms with Crippen LogP contribution in [0, 0.1) is 28.9 Å². The predicted molar refractivity (Wildman–Crippen MR) is 71.3 cm³/mol. The van der Waals surface area contributed by atoms with Crippen LogP contribution < -0.4 is 5.32 Å². The van der Waals surface area contributed by atoms with Crippen LogP contribution in [0.1, 0.15) is 32.4 Å². The minimum atomic E-state index is -1.01. The van der Waals surface area contributed by atoms with Crippen molar-refractivity contribution in [1.82, 2.24) is 5.32 Å². The third kappa shape index (κ3) is 2.75. The Balaban J connectivity index is 2.08. The van der Waals surface area contributed by atoms with Gasteiger partial charge in [-0.15, -0.1) is 0 Å². The molecule has 0 bridgehead atoms. The highest BCUT2D eigenvalue weighted by Crippen LogP contribution is 2.58. The van der Waals surface area contributed by atoms with Crippen LogP contribution in [0.3, 0.4) is 0 Å². The minimum Gasteiger partial charge on any atom is -0.481 e. The summed E-state index contributed by atoms with van der Waals surface area (Å²) in [7, 11) is 0. The second-order valence-corrected chi connectivity index (χ2v) is 6.01. The van der Waals surface area contributed by atoms with Crippen LogP contribution in [0.5, 0.6) is 0 Å². The molecule has 1 unspecified atom stereocenters. The lowest BCUT2D eigenvalue weighted by atomic mass is 10.1. The van der Waals surface area contributed by atoms with Crippen LogP contribution in [0.25, 0.3) is 0 Å². The van der Waals surface area contributed by atoms with Crippen molar-refractivity contribution >= 4 is 11.9 Å². The summed E-state index contributed by atoms with van der Waals surface area (Å²) in [5.74, 6) is -4.25. The molecule has 0 spiro atoms. The first kappa shape index (κ1) is 15.4. The molecule has 6 heteroatoms. The van der Waals surface area contributed by atoms with E-state index in [1.807, 2.05) is 0 Å². The van der Waals surface area contributed by atoms with Gasteiger partial charge in [0, 0.05) is 11.6 Å². The second-order valence-electron chi connectivity index (χ2n) is 6.01. The topological polar surface area (TPSA) is 66.4 Å². The highest BCUT2D eigenvalue weighted by atomic mass is 19.1. The normalized spacial score (nSPS) is 24.2. The van der Waals surface area contributed by atoms with Crippen LogP contribution in [0.4, 0.5) is 8.78 Å². The largest absolute Gasteiger partial charge is 0.481 e. The van der Waals surface area contributed by atoms with Gasteiger partial charge in [-0.05, 0) is 18.4 Å². The number of benzene rings is 1. The maximum absolute atomic E-state index is 13.6. The van der Waals surface area contributed by atoms with Crippen molar-refractivity contribution in [3.63, 3.8) is 0 Å². The number of amides is 1. The van der Waals surface area contributed by atoms with Gasteiger partial charge < -0.3 is 10.4 Å². The minimum absolute atomic E-state index is 0.162. The molecule has 0 heterocycles. The van der Waals surface area contributed by atoms with Crippen LogP contribution in [-0.4, -0.2) is 17.0 Å². The first-order valence-electron chi connectivity index (χ1n) is 6.64. The molecule has 1 aliphatic rings. The smallest absolute Gasteiger partial charge is 0.307 e. The van der Waals surface area contributed by atoms with Gasteiger partial charge in [-0.1, -0.05) is 19.9 Å². The molecule has 1 aromatic rings. The van der Waals surface area contributed by atoms with E-state index in [1.54, 1.807) is 20.8 Å². The van der Waals surface area contributed by atoms with E-state index >= 15 is 0 Å².